The number of nitrogens with zero attached hydrogens (tertiary/aromatic N) is 2. The zero-order valence-corrected chi connectivity index (χ0v) is 18.3. The summed E-state index contributed by atoms with van der Waals surface area (Å²) in [6.45, 7) is 0.217. The number of benzene rings is 2. The second-order valence-corrected chi connectivity index (χ2v) is 9.28. The average molecular weight is 471 g/mol. The molecular weight excluding hydrogens is 452 g/mol. The molecule has 1 saturated heterocycles. The third kappa shape index (κ3) is 4.74. The highest BCUT2D eigenvalue weighted by Crippen LogP contribution is 2.31. The van der Waals surface area contributed by atoms with Gasteiger partial charge in [-0.2, -0.15) is 0 Å². The molecule has 0 radical (unpaired) electrons. The number of para-hydroxylation sites is 1. The number of sulfonamides is 1. The Labute approximate surface area is 190 Å². The molecule has 1 aliphatic rings. The van der Waals surface area contributed by atoms with Crippen LogP contribution in [0, 0.1) is 5.92 Å². The summed E-state index contributed by atoms with van der Waals surface area (Å²) in [4.78, 5) is 30.6. The highest BCUT2D eigenvalue weighted by molar-refractivity contribution is 7.92. The van der Waals surface area contributed by atoms with Crippen LogP contribution in [0.3, 0.4) is 0 Å². The van der Waals surface area contributed by atoms with Gasteiger partial charge in [0.05, 0.1) is 21.5 Å². The molecule has 1 aromatic heterocycles. The van der Waals surface area contributed by atoms with Crippen molar-refractivity contribution >= 4 is 50.6 Å². The van der Waals surface area contributed by atoms with Crippen LogP contribution in [0.2, 0.25) is 5.02 Å². The zero-order valence-electron chi connectivity index (χ0n) is 16.7. The molecule has 164 valence electrons. The molecule has 2 amide bonds. The molecule has 0 aliphatic carbocycles. The minimum Gasteiger partial charge on any atom is -0.326 e. The smallest absolute Gasteiger partial charge is 0.263 e. The zero-order chi connectivity index (χ0) is 22.7. The van der Waals surface area contributed by atoms with Crippen LogP contribution < -0.4 is 14.9 Å². The number of carbonyl (C=O) groups is 2. The molecule has 1 fully saturated rings. The number of hydrogen-bond donors (Lipinski definition) is 2. The first-order valence-electron chi connectivity index (χ1n) is 9.73. The second kappa shape index (κ2) is 8.97. The quantitative estimate of drug-likeness (QED) is 0.573. The Morgan fingerprint density at radius 1 is 1.03 bits per heavy atom. The Morgan fingerprint density at radius 3 is 2.44 bits per heavy atom. The van der Waals surface area contributed by atoms with Gasteiger partial charge in [-0.05, 0) is 48.5 Å². The van der Waals surface area contributed by atoms with E-state index in [-0.39, 0.29) is 35.5 Å². The molecule has 2 heterocycles. The Balaban J connectivity index is 1.41. The van der Waals surface area contributed by atoms with Gasteiger partial charge < -0.3 is 10.2 Å². The van der Waals surface area contributed by atoms with E-state index in [1.54, 1.807) is 42.5 Å². The molecule has 0 spiro atoms. The van der Waals surface area contributed by atoms with Crippen molar-refractivity contribution in [3.8, 4) is 0 Å². The molecule has 4 rings (SSSR count). The maximum absolute atomic E-state index is 12.7. The van der Waals surface area contributed by atoms with Crippen molar-refractivity contribution in [1.82, 2.24) is 4.98 Å². The summed E-state index contributed by atoms with van der Waals surface area (Å²) in [6.07, 6.45) is 1.55. The van der Waals surface area contributed by atoms with Gasteiger partial charge in [-0.3, -0.25) is 14.3 Å². The topological polar surface area (TPSA) is 108 Å². The van der Waals surface area contributed by atoms with E-state index in [9.17, 15) is 18.0 Å². The third-order valence-corrected chi connectivity index (χ3v) is 6.67. The predicted molar refractivity (Wildman–Crippen MR) is 122 cm³/mol. The summed E-state index contributed by atoms with van der Waals surface area (Å²) in [5.74, 6) is -0.845. The van der Waals surface area contributed by atoms with E-state index in [1.165, 1.54) is 35.4 Å². The Hall–Kier alpha value is -3.43. The summed E-state index contributed by atoms with van der Waals surface area (Å²) in [7, 11) is -3.81. The minimum atomic E-state index is -3.81. The Bertz CT molecular complexity index is 1250. The lowest BCUT2D eigenvalue weighted by Crippen LogP contribution is -2.28. The molecular formula is C22H19ClN4O4S. The number of hydrogen-bond acceptors (Lipinski definition) is 5. The van der Waals surface area contributed by atoms with Crippen molar-refractivity contribution in [3.05, 3.63) is 77.9 Å². The lowest BCUT2D eigenvalue weighted by Gasteiger charge is -2.18. The Kier molecular flexibility index (Phi) is 6.11. The summed E-state index contributed by atoms with van der Waals surface area (Å²) in [6, 6.07) is 17.6. The molecule has 32 heavy (non-hydrogen) atoms. The first kappa shape index (κ1) is 21.8. The van der Waals surface area contributed by atoms with Gasteiger partial charge in [-0.25, -0.2) is 13.4 Å². The highest BCUT2D eigenvalue weighted by atomic mass is 35.5. The number of amides is 2. The van der Waals surface area contributed by atoms with E-state index in [1.807, 2.05) is 0 Å². The average Bonchev–Trinajstić information content (AvgIpc) is 3.16. The number of pyridine rings is 1. The first-order chi connectivity index (χ1) is 15.3. The van der Waals surface area contributed by atoms with E-state index in [4.69, 9.17) is 11.6 Å². The number of nitrogens with one attached hydrogen (secondary N) is 2. The molecule has 10 heteroatoms. The van der Waals surface area contributed by atoms with Crippen LogP contribution in [0.5, 0.6) is 0 Å². The van der Waals surface area contributed by atoms with Gasteiger partial charge in [0.1, 0.15) is 5.82 Å². The Morgan fingerprint density at radius 2 is 1.75 bits per heavy atom. The van der Waals surface area contributed by atoms with Crippen LogP contribution in [-0.4, -0.2) is 31.8 Å². The van der Waals surface area contributed by atoms with Crippen LogP contribution in [0.25, 0.3) is 0 Å². The highest BCUT2D eigenvalue weighted by Gasteiger charge is 2.35. The van der Waals surface area contributed by atoms with Crippen LogP contribution in [0.4, 0.5) is 17.2 Å². The minimum absolute atomic E-state index is 0.0297. The fourth-order valence-corrected chi connectivity index (χ4v) is 4.61. The number of carbonyl (C=O) groups excluding carboxylic acids is 2. The number of anilines is 3. The number of rotatable bonds is 6. The van der Waals surface area contributed by atoms with E-state index < -0.39 is 15.9 Å². The van der Waals surface area contributed by atoms with Gasteiger partial charge in [0.2, 0.25) is 11.8 Å². The van der Waals surface area contributed by atoms with Crippen molar-refractivity contribution < 1.29 is 18.0 Å². The van der Waals surface area contributed by atoms with Gasteiger partial charge in [-0.15, -0.1) is 0 Å². The van der Waals surface area contributed by atoms with Crippen molar-refractivity contribution in [3.63, 3.8) is 0 Å². The standard InChI is InChI=1S/C22H19ClN4O4S/c23-18-5-1-2-6-19(18)27-14-15(13-21(27)28)22(29)25-16-8-10-17(11-9-16)32(30,31)26-20-7-3-4-12-24-20/h1-12,15H,13-14H2,(H,24,26)(H,25,29). The van der Waals surface area contributed by atoms with Gasteiger partial charge in [0, 0.05) is 24.8 Å². The van der Waals surface area contributed by atoms with Gasteiger partial charge >= 0.3 is 0 Å². The molecule has 1 atom stereocenters. The lowest BCUT2D eigenvalue weighted by atomic mass is 10.1. The van der Waals surface area contributed by atoms with Crippen LogP contribution in [0.15, 0.2) is 77.8 Å². The summed E-state index contributed by atoms with van der Waals surface area (Å²) >= 11 is 6.18. The van der Waals surface area contributed by atoms with Gasteiger partial charge in [-0.1, -0.05) is 29.8 Å². The molecule has 0 saturated carbocycles. The van der Waals surface area contributed by atoms with E-state index in [0.717, 1.165) is 0 Å². The summed E-state index contributed by atoms with van der Waals surface area (Å²) < 4.78 is 27.4. The summed E-state index contributed by atoms with van der Waals surface area (Å²) in [5.41, 5.74) is 1.000. The van der Waals surface area contributed by atoms with Crippen molar-refractivity contribution in [2.45, 2.75) is 11.3 Å². The van der Waals surface area contributed by atoms with E-state index in [0.29, 0.717) is 16.4 Å². The van der Waals surface area contributed by atoms with Gasteiger partial charge in [0.15, 0.2) is 0 Å². The molecule has 1 aliphatic heterocycles. The van der Waals surface area contributed by atoms with Crippen LogP contribution >= 0.6 is 11.6 Å². The molecule has 1 unspecified atom stereocenters. The fraction of sp³-hybridized carbons (Fsp3) is 0.136. The normalized spacial score (nSPS) is 16.1. The van der Waals surface area contributed by atoms with Crippen LogP contribution in [-0.2, 0) is 19.6 Å². The lowest BCUT2D eigenvalue weighted by molar-refractivity contribution is -0.122. The predicted octanol–water partition coefficient (Wildman–Crippen LogP) is 3.53. The molecule has 2 aromatic carbocycles. The second-order valence-electron chi connectivity index (χ2n) is 7.19. The fourth-order valence-electron chi connectivity index (χ4n) is 3.37. The van der Waals surface area contributed by atoms with E-state index >= 15 is 0 Å². The van der Waals surface area contributed by atoms with E-state index in [2.05, 4.69) is 15.0 Å². The maximum atomic E-state index is 12.7. The summed E-state index contributed by atoms with van der Waals surface area (Å²) in [5, 5.41) is 3.18. The molecule has 2 N–H and O–H groups in total. The van der Waals surface area contributed by atoms with Gasteiger partial charge in [0.25, 0.3) is 10.0 Å². The molecule has 8 nitrogen and oxygen atoms in total. The first-order valence-corrected chi connectivity index (χ1v) is 11.6. The monoisotopic (exact) mass is 470 g/mol. The SMILES string of the molecule is O=C(Nc1ccc(S(=O)(=O)Nc2ccccn2)cc1)C1CC(=O)N(c2ccccc2Cl)C1. The maximum Gasteiger partial charge on any atom is 0.263 e. The third-order valence-electron chi connectivity index (χ3n) is 4.98. The number of aromatic nitrogens is 1. The van der Waals surface area contributed by atoms with Crippen molar-refractivity contribution in [2.24, 2.45) is 5.92 Å². The van der Waals surface area contributed by atoms with Crippen LogP contribution in [0.1, 0.15) is 6.42 Å². The van der Waals surface area contributed by atoms with Crippen molar-refractivity contribution in [2.75, 3.05) is 21.5 Å². The molecule has 3 aromatic rings. The largest absolute Gasteiger partial charge is 0.326 e. The molecule has 0 bridgehead atoms. The number of halogens is 1. The van der Waals surface area contributed by atoms with Crippen molar-refractivity contribution in [1.29, 1.82) is 0 Å².